The van der Waals surface area contributed by atoms with E-state index in [-0.39, 0.29) is 19.1 Å². The lowest BCUT2D eigenvalue weighted by atomic mass is 9.91. The Hall–Kier alpha value is -2.90. The minimum Gasteiger partial charge on any atom is -0.494 e. The SMILES string of the molecule is CC(C)CNNC(=O)[C@]1(Cc2ccccc2)COC(c2ccc(OCCCO)cc2)=N1. The summed E-state index contributed by atoms with van der Waals surface area (Å²) < 4.78 is 11.5. The highest BCUT2D eigenvalue weighted by Crippen LogP contribution is 2.27. The topological polar surface area (TPSA) is 92.2 Å². The molecule has 31 heavy (non-hydrogen) atoms. The Morgan fingerprint density at radius 3 is 2.61 bits per heavy atom. The van der Waals surface area contributed by atoms with Crippen LogP contribution in [0.3, 0.4) is 0 Å². The van der Waals surface area contributed by atoms with Crippen LogP contribution in [0.5, 0.6) is 5.75 Å². The molecule has 0 radical (unpaired) electrons. The van der Waals surface area contributed by atoms with Crippen LogP contribution < -0.4 is 15.6 Å². The van der Waals surface area contributed by atoms with Gasteiger partial charge in [0.2, 0.25) is 5.90 Å². The third-order valence-corrected chi connectivity index (χ3v) is 4.91. The highest BCUT2D eigenvalue weighted by Gasteiger charge is 2.44. The molecule has 0 bridgehead atoms. The van der Waals surface area contributed by atoms with Gasteiger partial charge in [0.15, 0.2) is 5.54 Å². The number of carbonyl (C=O) groups is 1. The maximum absolute atomic E-state index is 13.1. The average Bonchev–Trinajstić information content (AvgIpc) is 3.20. The molecule has 0 saturated heterocycles. The molecule has 7 nitrogen and oxygen atoms in total. The van der Waals surface area contributed by atoms with Crippen molar-refractivity contribution in [2.45, 2.75) is 32.2 Å². The van der Waals surface area contributed by atoms with Crippen LogP contribution in [0.2, 0.25) is 0 Å². The highest BCUT2D eigenvalue weighted by atomic mass is 16.5. The first-order valence-corrected chi connectivity index (χ1v) is 10.7. The lowest BCUT2D eigenvalue weighted by Crippen LogP contribution is -2.53. The molecule has 2 aromatic rings. The van der Waals surface area contributed by atoms with Crippen molar-refractivity contribution in [3.63, 3.8) is 0 Å². The van der Waals surface area contributed by atoms with E-state index in [9.17, 15) is 4.79 Å². The van der Waals surface area contributed by atoms with E-state index < -0.39 is 5.54 Å². The van der Waals surface area contributed by atoms with E-state index in [1.807, 2.05) is 54.6 Å². The zero-order chi connectivity index (χ0) is 22.1. The minimum atomic E-state index is -1.04. The largest absolute Gasteiger partial charge is 0.494 e. The zero-order valence-electron chi connectivity index (χ0n) is 18.1. The molecule has 1 aliphatic rings. The molecule has 0 saturated carbocycles. The number of nitrogens with zero attached hydrogens (tertiary/aromatic N) is 1. The number of carbonyl (C=O) groups excluding carboxylic acids is 1. The number of hydrogen-bond donors (Lipinski definition) is 3. The van der Waals surface area contributed by atoms with Crippen molar-refractivity contribution in [2.75, 3.05) is 26.4 Å². The first-order chi connectivity index (χ1) is 15.0. The van der Waals surface area contributed by atoms with Crippen molar-refractivity contribution in [1.82, 2.24) is 10.9 Å². The van der Waals surface area contributed by atoms with Crippen LogP contribution >= 0.6 is 0 Å². The van der Waals surface area contributed by atoms with Crippen LogP contribution in [0.15, 0.2) is 59.6 Å². The van der Waals surface area contributed by atoms with Crippen LogP contribution in [0.25, 0.3) is 0 Å². The van der Waals surface area contributed by atoms with E-state index in [1.165, 1.54) is 0 Å². The molecule has 0 unspecified atom stereocenters. The minimum absolute atomic E-state index is 0.0975. The number of rotatable bonds is 11. The molecule has 0 aromatic heterocycles. The molecule has 1 amide bonds. The van der Waals surface area contributed by atoms with Crippen molar-refractivity contribution < 1.29 is 19.4 Å². The van der Waals surface area contributed by atoms with Crippen molar-refractivity contribution in [3.8, 4) is 5.75 Å². The monoisotopic (exact) mass is 425 g/mol. The molecule has 0 spiro atoms. The van der Waals surface area contributed by atoms with Gasteiger partial charge in [0.1, 0.15) is 12.4 Å². The lowest BCUT2D eigenvalue weighted by molar-refractivity contribution is -0.127. The number of aliphatic hydroxyl groups excluding tert-OH is 1. The summed E-state index contributed by atoms with van der Waals surface area (Å²) in [6.45, 7) is 5.54. The van der Waals surface area contributed by atoms with Crippen molar-refractivity contribution in [1.29, 1.82) is 0 Å². The van der Waals surface area contributed by atoms with Crippen molar-refractivity contribution >= 4 is 11.8 Å². The fourth-order valence-corrected chi connectivity index (χ4v) is 3.22. The van der Waals surface area contributed by atoms with Gasteiger partial charge in [-0.15, -0.1) is 0 Å². The molecule has 7 heteroatoms. The van der Waals surface area contributed by atoms with Gasteiger partial charge in [-0.3, -0.25) is 10.2 Å². The fourth-order valence-electron chi connectivity index (χ4n) is 3.22. The summed E-state index contributed by atoms with van der Waals surface area (Å²) in [4.78, 5) is 17.9. The molecule has 0 aliphatic carbocycles. The summed E-state index contributed by atoms with van der Waals surface area (Å²) in [6, 6.07) is 17.2. The van der Waals surface area contributed by atoms with Crippen molar-refractivity contribution in [3.05, 3.63) is 65.7 Å². The van der Waals surface area contributed by atoms with E-state index in [1.54, 1.807) is 0 Å². The third-order valence-electron chi connectivity index (χ3n) is 4.91. The molecule has 0 fully saturated rings. The normalized spacial score (nSPS) is 17.9. The van der Waals surface area contributed by atoms with Crippen LogP contribution in [-0.2, 0) is 16.0 Å². The predicted molar refractivity (Wildman–Crippen MR) is 120 cm³/mol. The lowest BCUT2D eigenvalue weighted by Gasteiger charge is -2.23. The molecular weight excluding hydrogens is 394 g/mol. The molecule has 3 N–H and O–H groups in total. The zero-order valence-corrected chi connectivity index (χ0v) is 18.1. The van der Waals surface area contributed by atoms with Gasteiger partial charge < -0.3 is 14.6 Å². The second-order valence-electron chi connectivity index (χ2n) is 8.08. The maximum Gasteiger partial charge on any atom is 0.266 e. The quantitative estimate of drug-likeness (QED) is 0.380. The molecule has 2 aromatic carbocycles. The van der Waals surface area contributed by atoms with Crippen molar-refractivity contribution in [2.24, 2.45) is 10.9 Å². The average molecular weight is 426 g/mol. The number of nitrogens with one attached hydrogen (secondary N) is 2. The number of benzene rings is 2. The molecule has 1 aliphatic heterocycles. The van der Waals surface area contributed by atoms with E-state index in [4.69, 9.17) is 19.6 Å². The highest BCUT2D eigenvalue weighted by molar-refractivity contribution is 6.00. The Labute approximate surface area is 183 Å². The van der Waals surface area contributed by atoms with E-state index in [0.717, 1.165) is 11.1 Å². The Bertz CT molecular complexity index is 868. The number of amides is 1. The molecule has 1 atom stereocenters. The second-order valence-corrected chi connectivity index (χ2v) is 8.08. The summed E-state index contributed by atoms with van der Waals surface area (Å²) in [5.41, 5.74) is 6.57. The van der Waals surface area contributed by atoms with Gasteiger partial charge in [0, 0.05) is 31.6 Å². The third kappa shape index (κ3) is 6.29. The molecule has 3 rings (SSSR count). The Morgan fingerprint density at radius 1 is 1.19 bits per heavy atom. The second kappa shape index (κ2) is 10.9. The molecular formula is C24H31N3O4. The van der Waals surface area contributed by atoms with Gasteiger partial charge in [0.05, 0.1) is 6.61 Å². The molecule has 166 valence electrons. The summed E-state index contributed by atoms with van der Waals surface area (Å²) in [6.07, 6.45) is 1.02. The standard InChI is InChI=1S/C24H31N3O4/c1-18(2)16-25-27-23(29)24(15-19-7-4-3-5-8-19)17-31-22(26-24)20-9-11-21(12-10-20)30-14-6-13-28/h3-5,7-12,18,25,28H,6,13-17H2,1-2H3,(H,27,29)/t24-/m0/s1. The maximum atomic E-state index is 13.1. The number of hydrazine groups is 1. The van der Waals surface area contributed by atoms with Gasteiger partial charge in [-0.25, -0.2) is 10.4 Å². The van der Waals surface area contributed by atoms with E-state index in [0.29, 0.717) is 43.6 Å². The van der Waals surface area contributed by atoms with E-state index >= 15 is 0 Å². The van der Waals surface area contributed by atoms with Gasteiger partial charge in [0.25, 0.3) is 5.91 Å². The smallest absolute Gasteiger partial charge is 0.266 e. The Kier molecular flexibility index (Phi) is 8.03. The van der Waals surface area contributed by atoms with Crippen LogP contribution in [-0.4, -0.2) is 48.8 Å². The van der Waals surface area contributed by atoms with E-state index in [2.05, 4.69) is 24.7 Å². The summed E-state index contributed by atoms with van der Waals surface area (Å²) >= 11 is 0. The number of hydrogen-bond acceptors (Lipinski definition) is 6. The van der Waals surface area contributed by atoms with Crippen LogP contribution in [0.1, 0.15) is 31.4 Å². The van der Waals surface area contributed by atoms with Crippen LogP contribution in [0.4, 0.5) is 0 Å². The van der Waals surface area contributed by atoms with Gasteiger partial charge in [-0.05, 0) is 35.7 Å². The van der Waals surface area contributed by atoms with Gasteiger partial charge in [-0.1, -0.05) is 44.2 Å². The van der Waals surface area contributed by atoms with Gasteiger partial charge in [-0.2, -0.15) is 0 Å². The Balaban J connectivity index is 1.78. The first-order valence-electron chi connectivity index (χ1n) is 10.7. The predicted octanol–water partition coefficient (Wildman–Crippen LogP) is 2.48. The number of aliphatic hydroxyl groups is 1. The van der Waals surface area contributed by atoms with Crippen LogP contribution in [0, 0.1) is 5.92 Å². The Morgan fingerprint density at radius 2 is 1.94 bits per heavy atom. The van der Waals surface area contributed by atoms with Gasteiger partial charge >= 0.3 is 0 Å². The fraction of sp³-hybridized carbons (Fsp3) is 0.417. The summed E-state index contributed by atoms with van der Waals surface area (Å²) in [5.74, 6) is 1.34. The number of aliphatic imine (C=N–C) groups is 1. The summed E-state index contributed by atoms with van der Waals surface area (Å²) in [5, 5.41) is 8.86. The summed E-state index contributed by atoms with van der Waals surface area (Å²) in [7, 11) is 0. The molecule has 1 heterocycles. The first kappa shape index (κ1) is 22.8. The number of ether oxygens (including phenoxy) is 2.